The number of aliphatic hydroxyl groups excluding tert-OH is 1. The summed E-state index contributed by atoms with van der Waals surface area (Å²) in [6.07, 6.45) is 0. The number of hydrogen-bond acceptors (Lipinski definition) is 4. The van der Waals surface area contributed by atoms with Crippen LogP contribution < -0.4 is 10.1 Å². The maximum atomic E-state index is 12.4. The third kappa shape index (κ3) is 4.03. The van der Waals surface area contributed by atoms with E-state index in [1.165, 1.54) is 0 Å². The summed E-state index contributed by atoms with van der Waals surface area (Å²) in [5, 5.41) is 16.3. The average Bonchev–Trinajstić information content (AvgIpc) is 2.85. The molecule has 0 unspecified atom stereocenters. The van der Waals surface area contributed by atoms with E-state index in [0.29, 0.717) is 35.2 Å². The second kappa shape index (κ2) is 7.99. The van der Waals surface area contributed by atoms with Crippen molar-refractivity contribution in [3.63, 3.8) is 0 Å². The predicted molar refractivity (Wildman–Crippen MR) is 87.8 cm³/mol. The highest BCUT2D eigenvalue weighted by atomic mass is 35.5. The average molecular weight is 338 g/mol. The van der Waals surface area contributed by atoms with Crippen LogP contribution in [-0.2, 0) is 13.1 Å². The van der Waals surface area contributed by atoms with Crippen LogP contribution in [0.25, 0.3) is 0 Å². The van der Waals surface area contributed by atoms with Gasteiger partial charge in [0, 0.05) is 18.7 Å². The van der Waals surface area contributed by atoms with E-state index in [4.69, 9.17) is 21.4 Å². The number of carbonyl (C=O) groups excluding carboxylic acids is 1. The minimum Gasteiger partial charge on any atom is -0.491 e. The maximum Gasteiger partial charge on any atom is 0.256 e. The first kappa shape index (κ1) is 17.3. The van der Waals surface area contributed by atoms with Crippen molar-refractivity contribution in [2.45, 2.75) is 26.9 Å². The van der Waals surface area contributed by atoms with Crippen molar-refractivity contribution in [3.8, 4) is 5.75 Å². The smallest absolute Gasteiger partial charge is 0.256 e. The molecule has 0 aliphatic carbocycles. The number of aliphatic hydroxyl groups is 1. The van der Waals surface area contributed by atoms with Gasteiger partial charge in [0.2, 0.25) is 0 Å². The second-order valence-corrected chi connectivity index (χ2v) is 5.29. The van der Waals surface area contributed by atoms with Gasteiger partial charge >= 0.3 is 0 Å². The van der Waals surface area contributed by atoms with Crippen LogP contribution in [0, 0.1) is 6.92 Å². The van der Waals surface area contributed by atoms with Crippen molar-refractivity contribution in [3.05, 3.63) is 46.2 Å². The lowest BCUT2D eigenvalue weighted by Crippen LogP contribution is -2.24. The molecule has 1 heterocycles. The lowest BCUT2D eigenvalue weighted by Gasteiger charge is -2.11. The van der Waals surface area contributed by atoms with Crippen molar-refractivity contribution >= 4 is 17.5 Å². The van der Waals surface area contributed by atoms with Crippen molar-refractivity contribution in [2.24, 2.45) is 0 Å². The van der Waals surface area contributed by atoms with Gasteiger partial charge in [-0.3, -0.25) is 9.48 Å². The fourth-order valence-corrected chi connectivity index (χ4v) is 2.61. The molecule has 2 aromatic rings. The summed E-state index contributed by atoms with van der Waals surface area (Å²) in [7, 11) is 0. The summed E-state index contributed by atoms with van der Waals surface area (Å²) in [5.74, 6) is 0.359. The first-order valence-corrected chi connectivity index (χ1v) is 7.79. The zero-order valence-corrected chi connectivity index (χ0v) is 13.9. The van der Waals surface area contributed by atoms with Gasteiger partial charge in [-0.2, -0.15) is 5.10 Å². The molecule has 0 aliphatic heterocycles. The van der Waals surface area contributed by atoms with Crippen LogP contribution in [0.5, 0.6) is 5.75 Å². The molecule has 1 amide bonds. The third-order valence-corrected chi connectivity index (χ3v) is 3.74. The van der Waals surface area contributed by atoms with Gasteiger partial charge in [-0.05, 0) is 19.9 Å². The molecule has 124 valence electrons. The minimum absolute atomic E-state index is 0.0638. The van der Waals surface area contributed by atoms with E-state index in [1.54, 1.807) is 17.7 Å². The summed E-state index contributed by atoms with van der Waals surface area (Å²) in [6.45, 7) is 4.71. The monoisotopic (exact) mass is 337 g/mol. The number of halogens is 1. The number of nitrogens with one attached hydrogen (secondary N) is 1. The summed E-state index contributed by atoms with van der Waals surface area (Å²) >= 11 is 6.19. The maximum absolute atomic E-state index is 12.4. The Labute approximate surface area is 140 Å². The van der Waals surface area contributed by atoms with Gasteiger partial charge in [-0.15, -0.1) is 0 Å². The SMILES string of the molecule is CCn1nc(C)c(C(=O)NCc2ccccc2OCCO)c1Cl. The van der Waals surface area contributed by atoms with Crippen molar-refractivity contribution in [2.75, 3.05) is 13.2 Å². The van der Waals surface area contributed by atoms with Crippen molar-refractivity contribution < 1.29 is 14.6 Å². The first-order chi connectivity index (χ1) is 11.1. The third-order valence-electron chi connectivity index (χ3n) is 3.35. The Balaban J connectivity index is 2.09. The Kier molecular flexibility index (Phi) is 6.01. The molecule has 2 rings (SSSR count). The molecular formula is C16H20ClN3O3. The quantitative estimate of drug-likeness (QED) is 0.811. The highest BCUT2D eigenvalue weighted by Crippen LogP contribution is 2.21. The van der Waals surface area contributed by atoms with Gasteiger partial charge in [-0.1, -0.05) is 29.8 Å². The number of carbonyl (C=O) groups is 1. The predicted octanol–water partition coefficient (Wildman–Crippen LogP) is 2.17. The van der Waals surface area contributed by atoms with Crippen LogP contribution in [0.3, 0.4) is 0 Å². The number of ether oxygens (including phenoxy) is 1. The molecule has 0 spiro atoms. The van der Waals surface area contributed by atoms with Crippen molar-refractivity contribution in [1.82, 2.24) is 15.1 Å². The van der Waals surface area contributed by atoms with Gasteiger partial charge in [0.25, 0.3) is 5.91 Å². The van der Waals surface area contributed by atoms with E-state index in [1.807, 2.05) is 25.1 Å². The van der Waals surface area contributed by atoms with Crippen LogP contribution in [0.4, 0.5) is 0 Å². The molecule has 1 aromatic heterocycles. The summed E-state index contributed by atoms with van der Waals surface area (Å²) in [6, 6.07) is 7.35. The van der Waals surface area contributed by atoms with E-state index in [9.17, 15) is 4.79 Å². The Hall–Kier alpha value is -2.05. The Bertz CT molecular complexity index is 685. The molecule has 7 heteroatoms. The molecule has 0 bridgehead atoms. The van der Waals surface area contributed by atoms with E-state index in [-0.39, 0.29) is 19.1 Å². The van der Waals surface area contributed by atoms with E-state index in [2.05, 4.69) is 10.4 Å². The number of aromatic nitrogens is 2. The zero-order valence-electron chi connectivity index (χ0n) is 13.2. The number of nitrogens with zero attached hydrogens (tertiary/aromatic N) is 2. The van der Waals surface area contributed by atoms with E-state index >= 15 is 0 Å². The lowest BCUT2D eigenvalue weighted by molar-refractivity contribution is 0.0950. The molecule has 1 aromatic carbocycles. The minimum atomic E-state index is -0.274. The Morgan fingerprint density at radius 1 is 1.43 bits per heavy atom. The van der Waals surface area contributed by atoms with Crippen molar-refractivity contribution in [1.29, 1.82) is 0 Å². The molecule has 0 aliphatic rings. The topological polar surface area (TPSA) is 76.4 Å². The largest absolute Gasteiger partial charge is 0.491 e. The summed E-state index contributed by atoms with van der Waals surface area (Å²) in [4.78, 5) is 12.4. The fourth-order valence-electron chi connectivity index (χ4n) is 2.23. The van der Waals surface area contributed by atoms with Gasteiger partial charge in [0.15, 0.2) is 0 Å². The van der Waals surface area contributed by atoms with Crippen LogP contribution in [0.1, 0.15) is 28.5 Å². The highest BCUT2D eigenvalue weighted by molar-refractivity contribution is 6.33. The van der Waals surface area contributed by atoms with Crippen LogP contribution in [-0.4, -0.2) is 34.0 Å². The zero-order chi connectivity index (χ0) is 16.8. The summed E-state index contributed by atoms with van der Waals surface area (Å²) < 4.78 is 7.04. The molecule has 0 saturated heterocycles. The molecule has 6 nitrogen and oxygen atoms in total. The molecule has 2 N–H and O–H groups in total. The number of aryl methyl sites for hydroxylation is 2. The molecule has 0 atom stereocenters. The number of rotatable bonds is 7. The fraction of sp³-hybridized carbons (Fsp3) is 0.375. The van der Waals surface area contributed by atoms with E-state index < -0.39 is 0 Å². The molecule has 0 fully saturated rings. The van der Waals surface area contributed by atoms with Gasteiger partial charge in [0.05, 0.1) is 17.9 Å². The van der Waals surface area contributed by atoms with Gasteiger partial charge in [-0.25, -0.2) is 0 Å². The Morgan fingerprint density at radius 3 is 2.83 bits per heavy atom. The first-order valence-electron chi connectivity index (χ1n) is 7.41. The molecular weight excluding hydrogens is 318 g/mol. The number of para-hydroxylation sites is 1. The number of benzene rings is 1. The lowest BCUT2D eigenvalue weighted by atomic mass is 10.2. The molecule has 0 saturated carbocycles. The number of amides is 1. The Morgan fingerprint density at radius 2 is 2.17 bits per heavy atom. The summed E-state index contributed by atoms with van der Waals surface area (Å²) in [5.41, 5.74) is 1.81. The van der Waals surface area contributed by atoms with Gasteiger partial charge < -0.3 is 15.2 Å². The van der Waals surface area contributed by atoms with Gasteiger partial charge in [0.1, 0.15) is 17.5 Å². The standard InChI is InChI=1S/C16H20ClN3O3/c1-3-20-15(17)14(11(2)19-20)16(22)18-10-12-6-4-5-7-13(12)23-9-8-21/h4-7,21H,3,8-10H2,1-2H3,(H,18,22). The van der Waals surface area contributed by atoms with Crippen LogP contribution in [0.2, 0.25) is 5.15 Å². The molecule has 0 radical (unpaired) electrons. The van der Waals surface area contributed by atoms with Crippen LogP contribution >= 0.6 is 11.6 Å². The normalized spacial score (nSPS) is 10.6. The second-order valence-electron chi connectivity index (χ2n) is 4.93. The van der Waals surface area contributed by atoms with Crippen LogP contribution in [0.15, 0.2) is 24.3 Å². The number of hydrogen-bond donors (Lipinski definition) is 2. The molecule has 23 heavy (non-hydrogen) atoms. The highest BCUT2D eigenvalue weighted by Gasteiger charge is 2.19. The van der Waals surface area contributed by atoms with E-state index in [0.717, 1.165) is 5.56 Å².